The number of hydrogen-bond acceptors (Lipinski definition) is 1. The first-order valence-electron chi connectivity index (χ1n) is 3.23. The summed E-state index contributed by atoms with van der Waals surface area (Å²) in [7, 11) is 0. The van der Waals surface area contributed by atoms with Crippen LogP contribution in [0.4, 0.5) is 0 Å². The van der Waals surface area contributed by atoms with Gasteiger partial charge in [0.25, 0.3) is 0 Å². The van der Waals surface area contributed by atoms with Gasteiger partial charge in [-0.2, -0.15) is 0 Å². The third-order valence-electron chi connectivity index (χ3n) is 0.855. The molecule has 0 aliphatic rings. The molecule has 0 aromatic carbocycles. The van der Waals surface area contributed by atoms with Crippen LogP contribution in [0.25, 0.3) is 0 Å². The summed E-state index contributed by atoms with van der Waals surface area (Å²) in [5.74, 6) is 0.612. The van der Waals surface area contributed by atoms with Crippen molar-refractivity contribution in [1.82, 2.24) is 0 Å². The lowest BCUT2D eigenvalue weighted by Crippen LogP contribution is -1.87. The van der Waals surface area contributed by atoms with E-state index in [1.165, 1.54) is 0 Å². The monoisotopic (exact) mass is 125 g/mol. The van der Waals surface area contributed by atoms with E-state index in [0.717, 1.165) is 5.70 Å². The van der Waals surface area contributed by atoms with Crippen molar-refractivity contribution in [2.75, 3.05) is 0 Å². The molecule has 0 spiro atoms. The lowest BCUT2D eigenvalue weighted by molar-refractivity contribution is 0.832. The van der Waals surface area contributed by atoms with E-state index < -0.39 is 0 Å². The summed E-state index contributed by atoms with van der Waals surface area (Å²) in [6.45, 7) is 6.15. The molecule has 1 heteroatoms. The Hall–Kier alpha value is -0.720. The van der Waals surface area contributed by atoms with Crippen molar-refractivity contribution in [3.05, 3.63) is 23.9 Å². The lowest BCUT2D eigenvalue weighted by Gasteiger charge is -1.89. The van der Waals surface area contributed by atoms with Crippen LogP contribution >= 0.6 is 0 Å². The van der Waals surface area contributed by atoms with E-state index in [1.807, 2.05) is 19.1 Å². The van der Waals surface area contributed by atoms with Crippen LogP contribution in [0.1, 0.15) is 20.8 Å². The van der Waals surface area contributed by atoms with Crippen molar-refractivity contribution in [3.8, 4) is 0 Å². The topological polar surface area (TPSA) is 26.0 Å². The molecule has 0 rings (SSSR count). The Morgan fingerprint density at radius 2 is 2.00 bits per heavy atom. The minimum Gasteiger partial charge on any atom is -0.402 e. The Morgan fingerprint density at radius 3 is 2.33 bits per heavy atom. The normalized spacial score (nSPS) is 13.6. The van der Waals surface area contributed by atoms with E-state index in [2.05, 4.69) is 19.9 Å². The molecule has 0 atom stereocenters. The first-order chi connectivity index (χ1) is 4.13. The van der Waals surface area contributed by atoms with Gasteiger partial charge in [-0.05, 0) is 18.9 Å². The van der Waals surface area contributed by atoms with Crippen LogP contribution in [0.2, 0.25) is 0 Å². The predicted molar refractivity (Wildman–Crippen MR) is 41.9 cm³/mol. The van der Waals surface area contributed by atoms with Crippen LogP contribution in [0.15, 0.2) is 23.9 Å². The summed E-state index contributed by atoms with van der Waals surface area (Å²) >= 11 is 0. The Bertz CT molecular complexity index is 117. The van der Waals surface area contributed by atoms with Crippen molar-refractivity contribution in [2.45, 2.75) is 20.8 Å². The van der Waals surface area contributed by atoms with Gasteiger partial charge in [-0.25, -0.2) is 0 Å². The Kier molecular flexibility index (Phi) is 3.85. The molecule has 0 heterocycles. The van der Waals surface area contributed by atoms with Gasteiger partial charge in [0.05, 0.1) is 0 Å². The van der Waals surface area contributed by atoms with E-state index in [4.69, 9.17) is 5.73 Å². The molecule has 0 aromatic heterocycles. The van der Waals surface area contributed by atoms with Gasteiger partial charge >= 0.3 is 0 Å². The second kappa shape index (κ2) is 4.19. The van der Waals surface area contributed by atoms with Gasteiger partial charge in [0.1, 0.15) is 0 Å². The number of hydrogen-bond donors (Lipinski definition) is 1. The van der Waals surface area contributed by atoms with Crippen molar-refractivity contribution < 1.29 is 0 Å². The maximum atomic E-state index is 5.39. The molecular formula is C8H15N. The molecule has 0 aliphatic heterocycles. The van der Waals surface area contributed by atoms with Gasteiger partial charge in [0.2, 0.25) is 0 Å². The molecule has 1 nitrogen and oxygen atoms in total. The zero-order valence-electron chi connectivity index (χ0n) is 6.39. The highest BCUT2D eigenvalue weighted by Gasteiger charge is 1.79. The largest absolute Gasteiger partial charge is 0.402 e. The number of rotatable bonds is 2. The number of nitrogens with two attached hydrogens (primary N) is 1. The van der Waals surface area contributed by atoms with E-state index in [1.54, 1.807) is 0 Å². The highest BCUT2D eigenvalue weighted by molar-refractivity contribution is 5.07. The van der Waals surface area contributed by atoms with Crippen LogP contribution in [0.3, 0.4) is 0 Å². The zero-order valence-corrected chi connectivity index (χ0v) is 6.39. The van der Waals surface area contributed by atoms with Gasteiger partial charge in [0, 0.05) is 5.70 Å². The van der Waals surface area contributed by atoms with Gasteiger partial charge in [-0.1, -0.05) is 26.0 Å². The average Bonchev–Trinajstić information content (AvgIpc) is 1.63. The molecule has 0 fully saturated rings. The van der Waals surface area contributed by atoms with Crippen LogP contribution in [0, 0.1) is 5.92 Å². The predicted octanol–water partition coefficient (Wildman–Crippen LogP) is 2.06. The van der Waals surface area contributed by atoms with E-state index >= 15 is 0 Å². The molecule has 0 amide bonds. The van der Waals surface area contributed by atoms with Crippen LogP contribution in [-0.4, -0.2) is 0 Å². The Labute approximate surface area is 57.3 Å². The summed E-state index contributed by atoms with van der Waals surface area (Å²) in [5.41, 5.74) is 6.24. The maximum Gasteiger partial charge on any atom is 0.00487 e. The molecule has 0 saturated carbocycles. The molecule has 2 N–H and O–H groups in total. The molecule has 0 saturated heterocycles. The highest BCUT2D eigenvalue weighted by Crippen LogP contribution is 1.93. The second-order valence-corrected chi connectivity index (χ2v) is 2.54. The smallest absolute Gasteiger partial charge is 0.00487 e. The average molecular weight is 125 g/mol. The molecule has 0 aromatic rings. The molecule has 0 aliphatic carbocycles. The summed E-state index contributed by atoms with van der Waals surface area (Å²) in [6, 6.07) is 0. The maximum absolute atomic E-state index is 5.39. The highest BCUT2D eigenvalue weighted by atomic mass is 14.5. The van der Waals surface area contributed by atoms with E-state index in [9.17, 15) is 0 Å². The standard InChI is InChI=1S/C8H15N/c1-7(2)5-4-6-8(3)9/h4-7H,9H2,1-3H3/b5-4-,8-6-. The van der Waals surface area contributed by atoms with Crippen LogP contribution < -0.4 is 5.73 Å². The van der Waals surface area contributed by atoms with Crippen molar-refractivity contribution in [1.29, 1.82) is 0 Å². The fraction of sp³-hybridized carbons (Fsp3) is 0.500. The SMILES string of the molecule is C/C(N)=C/C=C\C(C)C. The van der Waals surface area contributed by atoms with E-state index in [0.29, 0.717) is 5.92 Å². The molecule has 0 unspecified atom stereocenters. The summed E-state index contributed by atoms with van der Waals surface area (Å²) in [5, 5.41) is 0. The van der Waals surface area contributed by atoms with Crippen LogP contribution in [0.5, 0.6) is 0 Å². The fourth-order valence-corrected chi connectivity index (χ4v) is 0.430. The van der Waals surface area contributed by atoms with E-state index in [-0.39, 0.29) is 0 Å². The Balaban J connectivity index is 3.60. The molecule has 0 radical (unpaired) electrons. The van der Waals surface area contributed by atoms with Gasteiger partial charge in [-0.15, -0.1) is 0 Å². The van der Waals surface area contributed by atoms with Crippen molar-refractivity contribution in [3.63, 3.8) is 0 Å². The summed E-state index contributed by atoms with van der Waals surface area (Å²) < 4.78 is 0. The third kappa shape index (κ3) is 7.28. The number of allylic oxidation sites excluding steroid dienone is 4. The minimum absolute atomic E-state index is 0.612. The second-order valence-electron chi connectivity index (χ2n) is 2.54. The van der Waals surface area contributed by atoms with Gasteiger partial charge in [-0.3, -0.25) is 0 Å². The van der Waals surface area contributed by atoms with Gasteiger partial charge < -0.3 is 5.73 Å². The quantitative estimate of drug-likeness (QED) is 0.562. The Morgan fingerprint density at radius 1 is 1.44 bits per heavy atom. The lowest BCUT2D eigenvalue weighted by atomic mass is 10.2. The van der Waals surface area contributed by atoms with Crippen LogP contribution in [-0.2, 0) is 0 Å². The van der Waals surface area contributed by atoms with Crippen molar-refractivity contribution in [2.24, 2.45) is 11.7 Å². The molecule has 9 heavy (non-hydrogen) atoms. The molecular weight excluding hydrogens is 110 g/mol. The first-order valence-corrected chi connectivity index (χ1v) is 3.23. The summed E-state index contributed by atoms with van der Waals surface area (Å²) in [4.78, 5) is 0. The molecule has 0 bridgehead atoms. The summed E-state index contributed by atoms with van der Waals surface area (Å²) in [6.07, 6.45) is 6.00. The fourth-order valence-electron chi connectivity index (χ4n) is 0.430. The van der Waals surface area contributed by atoms with Crippen molar-refractivity contribution >= 4 is 0 Å². The zero-order chi connectivity index (χ0) is 7.28. The molecule has 52 valence electrons. The third-order valence-corrected chi connectivity index (χ3v) is 0.855. The van der Waals surface area contributed by atoms with Gasteiger partial charge in [0.15, 0.2) is 0 Å². The first kappa shape index (κ1) is 8.28. The minimum atomic E-state index is 0.612.